The average molecular weight is 195 g/mol. The molecule has 2 aliphatic carbocycles. The highest BCUT2D eigenvalue weighted by molar-refractivity contribution is 4.97. The Morgan fingerprint density at radius 1 is 1.00 bits per heavy atom. The van der Waals surface area contributed by atoms with Crippen LogP contribution in [-0.4, -0.2) is 35.2 Å². The molecule has 0 amide bonds. The summed E-state index contributed by atoms with van der Waals surface area (Å²) in [6.07, 6.45) is 7.92. The Bertz CT molecular complexity index is 210. The Kier molecular flexibility index (Phi) is 2.29. The van der Waals surface area contributed by atoms with Crippen molar-refractivity contribution in [3.63, 3.8) is 0 Å². The SMILES string of the molecule is OC1CC2CCC(C2)C1N1CCCC1. The largest absolute Gasteiger partial charge is 0.391 e. The molecule has 0 spiro atoms. The molecule has 1 N–H and O–H groups in total. The average Bonchev–Trinajstić information content (AvgIpc) is 2.77. The van der Waals surface area contributed by atoms with E-state index in [9.17, 15) is 5.11 Å². The second-order valence-electron chi connectivity index (χ2n) is 5.48. The maximum absolute atomic E-state index is 10.2. The summed E-state index contributed by atoms with van der Waals surface area (Å²) in [6, 6.07) is 0.524. The van der Waals surface area contributed by atoms with Gasteiger partial charge in [-0.25, -0.2) is 0 Å². The highest BCUT2D eigenvalue weighted by atomic mass is 16.3. The van der Waals surface area contributed by atoms with Gasteiger partial charge in [0, 0.05) is 6.04 Å². The quantitative estimate of drug-likeness (QED) is 0.687. The minimum Gasteiger partial charge on any atom is -0.391 e. The molecule has 2 bridgehead atoms. The number of likely N-dealkylation sites (tertiary alicyclic amines) is 1. The predicted octanol–water partition coefficient (Wildman–Crippen LogP) is 1.63. The summed E-state index contributed by atoms with van der Waals surface area (Å²) < 4.78 is 0. The molecule has 14 heavy (non-hydrogen) atoms. The van der Waals surface area contributed by atoms with Crippen LogP contribution in [0, 0.1) is 11.8 Å². The second-order valence-corrected chi connectivity index (χ2v) is 5.48. The van der Waals surface area contributed by atoms with Gasteiger partial charge in [0.15, 0.2) is 0 Å². The molecule has 1 saturated heterocycles. The standard InChI is InChI=1S/C12H21NO/c14-11-8-9-3-4-10(7-9)12(11)13-5-1-2-6-13/h9-12,14H,1-8H2. The summed E-state index contributed by atoms with van der Waals surface area (Å²) in [5.74, 6) is 1.68. The van der Waals surface area contributed by atoms with E-state index in [2.05, 4.69) is 4.90 Å². The summed E-state index contributed by atoms with van der Waals surface area (Å²) in [5, 5.41) is 10.2. The van der Waals surface area contributed by atoms with Crippen LogP contribution in [0.5, 0.6) is 0 Å². The van der Waals surface area contributed by atoms with Crippen LogP contribution in [0.15, 0.2) is 0 Å². The molecule has 3 fully saturated rings. The minimum atomic E-state index is -0.0145. The van der Waals surface area contributed by atoms with Crippen LogP contribution in [0.4, 0.5) is 0 Å². The fourth-order valence-corrected chi connectivity index (χ4v) is 4.01. The van der Waals surface area contributed by atoms with E-state index in [1.54, 1.807) is 0 Å². The molecule has 0 aromatic heterocycles. The normalized spacial score (nSPS) is 48.6. The molecule has 0 radical (unpaired) electrons. The molecule has 3 aliphatic rings. The zero-order valence-electron chi connectivity index (χ0n) is 8.86. The van der Waals surface area contributed by atoms with Gasteiger partial charge in [0.05, 0.1) is 6.10 Å². The van der Waals surface area contributed by atoms with Crippen LogP contribution in [-0.2, 0) is 0 Å². The molecule has 1 aliphatic heterocycles. The van der Waals surface area contributed by atoms with Gasteiger partial charge in [-0.2, -0.15) is 0 Å². The number of hydrogen-bond donors (Lipinski definition) is 1. The number of nitrogens with zero attached hydrogens (tertiary/aromatic N) is 1. The Hall–Kier alpha value is -0.0800. The van der Waals surface area contributed by atoms with Crippen molar-refractivity contribution in [3.05, 3.63) is 0 Å². The zero-order valence-corrected chi connectivity index (χ0v) is 8.86. The van der Waals surface area contributed by atoms with E-state index in [4.69, 9.17) is 0 Å². The van der Waals surface area contributed by atoms with Crippen molar-refractivity contribution in [3.8, 4) is 0 Å². The van der Waals surface area contributed by atoms with E-state index < -0.39 is 0 Å². The zero-order chi connectivity index (χ0) is 9.54. The monoisotopic (exact) mass is 195 g/mol. The molecule has 0 aromatic carbocycles. The molecule has 2 heteroatoms. The van der Waals surface area contributed by atoms with Gasteiger partial charge in [-0.15, -0.1) is 0 Å². The minimum absolute atomic E-state index is 0.0145. The highest BCUT2D eigenvalue weighted by Crippen LogP contribution is 2.44. The molecular weight excluding hydrogens is 174 g/mol. The maximum Gasteiger partial charge on any atom is 0.0700 e. The van der Waals surface area contributed by atoms with Gasteiger partial charge in [0.1, 0.15) is 0 Å². The molecule has 1 heterocycles. The van der Waals surface area contributed by atoms with Crippen molar-refractivity contribution in [2.45, 2.75) is 50.7 Å². The lowest BCUT2D eigenvalue weighted by Crippen LogP contribution is -2.48. The van der Waals surface area contributed by atoms with Crippen molar-refractivity contribution in [2.24, 2.45) is 11.8 Å². The number of rotatable bonds is 1. The Morgan fingerprint density at radius 3 is 2.57 bits per heavy atom. The van der Waals surface area contributed by atoms with Gasteiger partial charge in [-0.1, -0.05) is 6.42 Å². The first-order valence-electron chi connectivity index (χ1n) is 6.27. The van der Waals surface area contributed by atoms with E-state index in [1.807, 2.05) is 0 Å². The fraction of sp³-hybridized carbons (Fsp3) is 1.00. The number of aliphatic hydroxyl groups excluding tert-OH is 1. The van der Waals surface area contributed by atoms with E-state index in [0.717, 1.165) is 18.3 Å². The van der Waals surface area contributed by atoms with Crippen molar-refractivity contribution >= 4 is 0 Å². The third-order valence-electron chi connectivity index (χ3n) is 4.60. The lowest BCUT2D eigenvalue weighted by molar-refractivity contribution is -0.00230. The molecule has 4 unspecified atom stereocenters. The lowest BCUT2D eigenvalue weighted by atomic mass is 9.82. The molecule has 3 rings (SSSR count). The number of aliphatic hydroxyl groups is 1. The van der Waals surface area contributed by atoms with Crippen LogP contribution in [0.2, 0.25) is 0 Å². The summed E-state index contributed by atoms with van der Waals surface area (Å²) in [6.45, 7) is 2.48. The van der Waals surface area contributed by atoms with Crippen molar-refractivity contribution in [1.82, 2.24) is 4.90 Å². The van der Waals surface area contributed by atoms with Crippen molar-refractivity contribution in [1.29, 1.82) is 0 Å². The molecule has 2 saturated carbocycles. The number of fused-ring (bicyclic) bond motifs is 2. The van der Waals surface area contributed by atoms with Crippen molar-refractivity contribution < 1.29 is 5.11 Å². The van der Waals surface area contributed by atoms with Gasteiger partial charge < -0.3 is 5.11 Å². The van der Waals surface area contributed by atoms with E-state index in [0.29, 0.717) is 6.04 Å². The van der Waals surface area contributed by atoms with Crippen LogP contribution in [0.1, 0.15) is 38.5 Å². The van der Waals surface area contributed by atoms with Crippen LogP contribution < -0.4 is 0 Å². The highest BCUT2D eigenvalue weighted by Gasteiger charge is 2.44. The first-order chi connectivity index (χ1) is 6.84. The first kappa shape index (κ1) is 9.17. The summed E-state index contributed by atoms with van der Waals surface area (Å²) in [7, 11) is 0. The summed E-state index contributed by atoms with van der Waals surface area (Å²) >= 11 is 0. The fourth-order valence-electron chi connectivity index (χ4n) is 4.01. The molecular formula is C12H21NO. The Labute approximate surface area is 86.3 Å². The van der Waals surface area contributed by atoms with Crippen LogP contribution in [0.3, 0.4) is 0 Å². The lowest BCUT2D eigenvalue weighted by Gasteiger charge is -2.39. The Balaban J connectivity index is 1.75. The van der Waals surface area contributed by atoms with E-state index in [-0.39, 0.29) is 6.10 Å². The van der Waals surface area contributed by atoms with Crippen molar-refractivity contribution in [2.75, 3.05) is 13.1 Å². The Morgan fingerprint density at radius 2 is 1.79 bits per heavy atom. The summed E-state index contributed by atoms with van der Waals surface area (Å²) in [5.41, 5.74) is 0. The van der Waals surface area contributed by atoms with E-state index in [1.165, 1.54) is 45.2 Å². The predicted molar refractivity (Wildman–Crippen MR) is 56.0 cm³/mol. The molecule has 80 valence electrons. The van der Waals surface area contributed by atoms with Gasteiger partial charge in [-0.3, -0.25) is 4.90 Å². The topological polar surface area (TPSA) is 23.5 Å². The van der Waals surface area contributed by atoms with E-state index >= 15 is 0 Å². The van der Waals surface area contributed by atoms with Crippen LogP contribution in [0.25, 0.3) is 0 Å². The maximum atomic E-state index is 10.2. The van der Waals surface area contributed by atoms with Gasteiger partial charge >= 0.3 is 0 Å². The van der Waals surface area contributed by atoms with Gasteiger partial charge in [-0.05, 0) is 57.0 Å². The molecule has 4 atom stereocenters. The molecule has 0 aromatic rings. The van der Waals surface area contributed by atoms with Gasteiger partial charge in [0.25, 0.3) is 0 Å². The second kappa shape index (κ2) is 3.49. The smallest absolute Gasteiger partial charge is 0.0700 e. The van der Waals surface area contributed by atoms with Gasteiger partial charge in [0.2, 0.25) is 0 Å². The third kappa shape index (κ3) is 1.40. The third-order valence-corrected chi connectivity index (χ3v) is 4.60. The van der Waals surface area contributed by atoms with Crippen LogP contribution >= 0.6 is 0 Å². The number of hydrogen-bond acceptors (Lipinski definition) is 2. The molecule has 2 nitrogen and oxygen atoms in total. The summed E-state index contributed by atoms with van der Waals surface area (Å²) in [4.78, 5) is 2.57. The first-order valence-corrected chi connectivity index (χ1v) is 6.27.